The lowest BCUT2D eigenvalue weighted by Gasteiger charge is -2.06. The van der Waals surface area contributed by atoms with Crippen LogP contribution < -0.4 is 5.56 Å². The van der Waals surface area contributed by atoms with Gasteiger partial charge in [0.15, 0.2) is 11.2 Å². The highest BCUT2D eigenvalue weighted by molar-refractivity contribution is 7.90. The SMILES string of the molecule is Cc1ccc(S(=O)(=O)n2cnc3nc(/N=C/N(C)C)[nH]c(=O)c32)cc1. The first kappa shape index (κ1) is 16.8. The fourth-order valence-corrected chi connectivity index (χ4v) is 3.42. The third kappa shape index (κ3) is 3.15. The largest absolute Gasteiger partial charge is 0.369 e. The number of rotatable bonds is 4. The Kier molecular flexibility index (Phi) is 4.13. The first-order valence-corrected chi connectivity index (χ1v) is 8.73. The van der Waals surface area contributed by atoms with Crippen LogP contribution in [0.15, 0.2) is 45.3 Å². The van der Waals surface area contributed by atoms with Gasteiger partial charge in [-0.1, -0.05) is 17.7 Å². The van der Waals surface area contributed by atoms with E-state index in [-0.39, 0.29) is 22.0 Å². The number of aryl methyl sites for hydroxylation is 1. The summed E-state index contributed by atoms with van der Waals surface area (Å²) in [6.07, 6.45) is 2.53. The summed E-state index contributed by atoms with van der Waals surface area (Å²) in [7, 11) is -0.419. The molecule has 0 radical (unpaired) electrons. The number of nitrogens with one attached hydrogen (secondary N) is 1. The van der Waals surface area contributed by atoms with E-state index in [0.717, 1.165) is 15.9 Å². The zero-order valence-electron chi connectivity index (χ0n) is 13.8. The molecule has 2 heterocycles. The molecule has 0 spiro atoms. The van der Waals surface area contributed by atoms with E-state index in [1.165, 1.54) is 18.5 Å². The first-order valence-electron chi connectivity index (χ1n) is 7.29. The van der Waals surface area contributed by atoms with Crippen LogP contribution in [0.4, 0.5) is 5.95 Å². The van der Waals surface area contributed by atoms with Crippen LogP contribution in [0.2, 0.25) is 0 Å². The topological polar surface area (TPSA) is 113 Å². The quantitative estimate of drug-likeness (QED) is 0.546. The Morgan fingerprint density at radius 3 is 2.56 bits per heavy atom. The van der Waals surface area contributed by atoms with Gasteiger partial charge in [0.25, 0.3) is 15.6 Å². The summed E-state index contributed by atoms with van der Waals surface area (Å²) in [5, 5.41) is 0. The van der Waals surface area contributed by atoms with Crippen LogP contribution in [-0.4, -0.2) is 52.7 Å². The maximum absolute atomic E-state index is 12.8. The molecule has 0 fully saturated rings. The van der Waals surface area contributed by atoms with E-state index in [2.05, 4.69) is 19.9 Å². The molecule has 1 N–H and O–H groups in total. The summed E-state index contributed by atoms with van der Waals surface area (Å²) in [5.41, 5.74) is 0.149. The number of aromatic nitrogens is 4. The number of H-pyrrole nitrogens is 1. The highest BCUT2D eigenvalue weighted by Crippen LogP contribution is 2.18. The Bertz CT molecular complexity index is 1110. The summed E-state index contributed by atoms with van der Waals surface area (Å²) < 4.78 is 26.4. The molecule has 25 heavy (non-hydrogen) atoms. The van der Waals surface area contributed by atoms with Crippen molar-refractivity contribution in [3.8, 4) is 0 Å². The van der Waals surface area contributed by atoms with Gasteiger partial charge in [0.1, 0.15) is 6.33 Å². The normalized spacial score (nSPS) is 12.1. The standard InChI is InChI=1S/C15H16N6O3S/c1-10-4-6-11(7-5-10)25(23,24)21-9-16-13-12(21)14(22)19-15(18-13)17-8-20(2)3/h4-9H,1-3H3,(H,18,19,22)/b17-8+. The molecule has 0 saturated heterocycles. The number of fused-ring (bicyclic) bond motifs is 1. The summed E-state index contributed by atoms with van der Waals surface area (Å²) in [5.74, 6) is 0.0455. The van der Waals surface area contributed by atoms with Crippen molar-refractivity contribution in [3.63, 3.8) is 0 Å². The van der Waals surface area contributed by atoms with Crippen molar-refractivity contribution < 1.29 is 8.42 Å². The molecular formula is C15H16N6O3S. The van der Waals surface area contributed by atoms with Crippen LogP contribution in [0, 0.1) is 6.92 Å². The van der Waals surface area contributed by atoms with Gasteiger partial charge in [-0.25, -0.2) is 22.4 Å². The third-order valence-electron chi connectivity index (χ3n) is 3.36. The zero-order chi connectivity index (χ0) is 18.2. The molecule has 1 aromatic carbocycles. The van der Waals surface area contributed by atoms with Crippen LogP contribution >= 0.6 is 0 Å². The molecule has 0 atom stereocenters. The number of imidazole rings is 1. The Morgan fingerprint density at radius 1 is 1.24 bits per heavy atom. The van der Waals surface area contributed by atoms with Gasteiger partial charge in [0, 0.05) is 14.1 Å². The van der Waals surface area contributed by atoms with E-state index in [0.29, 0.717) is 0 Å². The zero-order valence-corrected chi connectivity index (χ0v) is 14.6. The van der Waals surface area contributed by atoms with Gasteiger partial charge in [0.05, 0.1) is 11.2 Å². The molecule has 3 aromatic rings. The number of benzene rings is 1. The van der Waals surface area contributed by atoms with Crippen molar-refractivity contribution >= 4 is 33.5 Å². The smallest absolute Gasteiger partial charge is 0.279 e. The van der Waals surface area contributed by atoms with E-state index >= 15 is 0 Å². The lowest BCUT2D eigenvalue weighted by Crippen LogP contribution is -2.18. The number of hydrogen-bond donors (Lipinski definition) is 1. The Labute approximate surface area is 143 Å². The molecule has 0 aliphatic carbocycles. The Hall–Kier alpha value is -3.01. The molecule has 0 aliphatic rings. The maximum Gasteiger partial charge on any atom is 0.279 e. The second kappa shape index (κ2) is 6.13. The lowest BCUT2D eigenvalue weighted by atomic mass is 10.2. The van der Waals surface area contributed by atoms with Crippen LogP contribution in [0.1, 0.15) is 5.56 Å². The van der Waals surface area contributed by atoms with Crippen LogP contribution in [-0.2, 0) is 10.0 Å². The van der Waals surface area contributed by atoms with Crippen LogP contribution in [0.3, 0.4) is 0 Å². The van der Waals surface area contributed by atoms with Gasteiger partial charge in [-0.2, -0.15) is 4.98 Å². The van der Waals surface area contributed by atoms with Crippen molar-refractivity contribution in [1.29, 1.82) is 0 Å². The summed E-state index contributed by atoms with van der Waals surface area (Å²) >= 11 is 0. The molecular weight excluding hydrogens is 344 g/mol. The molecule has 9 nitrogen and oxygen atoms in total. The van der Waals surface area contributed by atoms with Gasteiger partial charge in [-0.15, -0.1) is 0 Å². The summed E-state index contributed by atoms with van der Waals surface area (Å²) in [6.45, 7) is 1.85. The third-order valence-corrected chi connectivity index (χ3v) is 5.02. The minimum absolute atomic E-state index is 0.00495. The number of nitrogens with zero attached hydrogens (tertiary/aromatic N) is 5. The van der Waals surface area contributed by atoms with Gasteiger partial charge in [0.2, 0.25) is 5.95 Å². The first-order chi connectivity index (χ1) is 11.8. The van der Waals surface area contributed by atoms with E-state index in [4.69, 9.17) is 0 Å². The highest BCUT2D eigenvalue weighted by atomic mass is 32.2. The number of aliphatic imine (C=N–C) groups is 1. The molecule has 130 valence electrons. The molecule has 0 aliphatic heterocycles. The van der Waals surface area contributed by atoms with Gasteiger partial charge < -0.3 is 4.90 Å². The van der Waals surface area contributed by atoms with E-state index < -0.39 is 15.6 Å². The van der Waals surface area contributed by atoms with Crippen molar-refractivity contribution in [2.45, 2.75) is 11.8 Å². The minimum atomic E-state index is -3.95. The summed E-state index contributed by atoms with van der Waals surface area (Å²) in [6, 6.07) is 6.33. The molecule has 0 unspecified atom stereocenters. The predicted molar refractivity (Wildman–Crippen MR) is 93.8 cm³/mol. The van der Waals surface area contributed by atoms with Gasteiger partial charge >= 0.3 is 0 Å². The van der Waals surface area contributed by atoms with Crippen LogP contribution in [0.5, 0.6) is 0 Å². The molecule has 3 rings (SSSR count). The second-order valence-corrected chi connectivity index (χ2v) is 7.44. The van der Waals surface area contributed by atoms with E-state index in [1.54, 1.807) is 31.1 Å². The Morgan fingerprint density at radius 2 is 1.92 bits per heavy atom. The van der Waals surface area contributed by atoms with Crippen molar-refractivity contribution in [1.82, 2.24) is 23.8 Å². The molecule has 2 aromatic heterocycles. The number of aromatic amines is 1. The van der Waals surface area contributed by atoms with E-state index in [1.807, 2.05) is 6.92 Å². The average molecular weight is 360 g/mol. The molecule has 0 amide bonds. The van der Waals surface area contributed by atoms with Crippen molar-refractivity contribution in [3.05, 3.63) is 46.5 Å². The fourth-order valence-electron chi connectivity index (χ4n) is 2.13. The molecule has 0 saturated carbocycles. The minimum Gasteiger partial charge on any atom is -0.369 e. The maximum atomic E-state index is 12.8. The van der Waals surface area contributed by atoms with Gasteiger partial charge in [-0.3, -0.25) is 9.78 Å². The van der Waals surface area contributed by atoms with Gasteiger partial charge in [-0.05, 0) is 19.1 Å². The fraction of sp³-hybridized carbons (Fsp3) is 0.200. The summed E-state index contributed by atoms with van der Waals surface area (Å²) in [4.78, 5) is 28.5. The van der Waals surface area contributed by atoms with Crippen molar-refractivity contribution in [2.75, 3.05) is 14.1 Å². The van der Waals surface area contributed by atoms with Crippen LogP contribution in [0.25, 0.3) is 11.2 Å². The number of hydrogen-bond acceptors (Lipinski definition) is 6. The average Bonchev–Trinajstić information content (AvgIpc) is 2.98. The highest BCUT2D eigenvalue weighted by Gasteiger charge is 2.22. The second-order valence-electron chi connectivity index (χ2n) is 5.63. The van der Waals surface area contributed by atoms with Crippen molar-refractivity contribution in [2.24, 2.45) is 4.99 Å². The molecule has 10 heteroatoms. The lowest BCUT2D eigenvalue weighted by molar-refractivity contribution is 0.588. The monoisotopic (exact) mass is 360 g/mol. The predicted octanol–water partition coefficient (Wildman–Crippen LogP) is 0.886. The Balaban J connectivity index is 2.15. The molecule has 0 bridgehead atoms. The van der Waals surface area contributed by atoms with E-state index in [9.17, 15) is 13.2 Å².